The highest BCUT2D eigenvalue weighted by Crippen LogP contribution is 2.34. The minimum atomic E-state index is -0.285. The molecular weight excluding hydrogens is 440 g/mol. The third-order valence-corrected chi connectivity index (χ3v) is 4.42. The van der Waals surface area contributed by atoms with Crippen LogP contribution in [-0.4, -0.2) is 32.2 Å². The summed E-state index contributed by atoms with van der Waals surface area (Å²) < 4.78 is 22.5. The summed E-state index contributed by atoms with van der Waals surface area (Å²) in [6, 6.07) is 8.48. The number of ketones is 1. The summed E-state index contributed by atoms with van der Waals surface area (Å²) in [5, 5.41) is 0.295. The molecular formula is C27H27ClO5. The molecule has 0 spiro atoms. The second kappa shape index (κ2) is 13.7. The van der Waals surface area contributed by atoms with Crippen LogP contribution >= 0.6 is 11.6 Å². The molecule has 0 aliphatic heterocycles. The molecule has 5 nitrogen and oxygen atoms in total. The van der Waals surface area contributed by atoms with Gasteiger partial charge in [0.1, 0.15) is 37.9 Å². The van der Waals surface area contributed by atoms with Crippen molar-refractivity contribution in [3.05, 3.63) is 103 Å². The molecule has 33 heavy (non-hydrogen) atoms. The number of halogens is 1. The molecule has 0 fully saturated rings. The molecule has 172 valence electrons. The van der Waals surface area contributed by atoms with E-state index in [1.807, 2.05) is 6.07 Å². The van der Waals surface area contributed by atoms with Crippen molar-refractivity contribution in [1.82, 2.24) is 0 Å². The van der Waals surface area contributed by atoms with E-state index in [1.165, 1.54) is 12.1 Å². The van der Waals surface area contributed by atoms with Gasteiger partial charge in [0.05, 0.1) is 10.6 Å². The number of allylic oxidation sites excluding steroid dienone is 1. The van der Waals surface area contributed by atoms with E-state index in [1.54, 1.807) is 48.6 Å². The average molecular weight is 467 g/mol. The topological polar surface area (TPSA) is 54.0 Å². The van der Waals surface area contributed by atoms with Gasteiger partial charge in [-0.2, -0.15) is 0 Å². The molecule has 0 atom stereocenters. The first-order chi connectivity index (χ1) is 16.0. The largest absolute Gasteiger partial charge is 0.489 e. The van der Waals surface area contributed by atoms with Crippen LogP contribution in [-0.2, 0) is 0 Å². The highest BCUT2D eigenvalue weighted by atomic mass is 35.5. The number of ether oxygens (including phenoxy) is 4. The summed E-state index contributed by atoms with van der Waals surface area (Å²) in [4.78, 5) is 13.0. The van der Waals surface area contributed by atoms with E-state index in [0.29, 0.717) is 46.8 Å². The smallest absolute Gasteiger partial charge is 0.189 e. The number of rotatable bonds is 15. The molecule has 0 unspecified atom stereocenters. The summed E-state index contributed by atoms with van der Waals surface area (Å²) in [5.74, 6) is 1.56. The maximum absolute atomic E-state index is 13.0. The first-order valence-electron chi connectivity index (χ1n) is 10.2. The predicted octanol–water partition coefficient (Wildman–Crippen LogP) is 6.50. The van der Waals surface area contributed by atoms with Crippen LogP contribution in [0.2, 0.25) is 5.02 Å². The van der Waals surface area contributed by atoms with Gasteiger partial charge < -0.3 is 18.9 Å². The van der Waals surface area contributed by atoms with E-state index < -0.39 is 0 Å². The van der Waals surface area contributed by atoms with E-state index >= 15 is 0 Å². The zero-order valence-electron chi connectivity index (χ0n) is 18.4. The van der Waals surface area contributed by atoms with Gasteiger partial charge in [-0.15, -0.1) is 0 Å². The quantitative estimate of drug-likeness (QED) is 0.170. The first-order valence-corrected chi connectivity index (χ1v) is 10.6. The lowest BCUT2D eigenvalue weighted by Gasteiger charge is -2.13. The summed E-state index contributed by atoms with van der Waals surface area (Å²) in [7, 11) is 0. The summed E-state index contributed by atoms with van der Waals surface area (Å²) in [6.45, 7) is 15.7. The third kappa shape index (κ3) is 7.74. The number of carbonyl (C=O) groups is 1. The van der Waals surface area contributed by atoms with Gasteiger partial charge in [-0.3, -0.25) is 4.79 Å². The van der Waals surface area contributed by atoms with Gasteiger partial charge in [-0.1, -0.05) is 74.4 Å². The maximum Gasteiger partial charge on any atom is 0.189 e. The summed E-state index contributed by atoms with van der Waals surface area (Å²) in [6.07, 6.45) is 9.59. The molecule has 0 bridgehead atoms. The lowest BCUT2D eigenvalue weighted by Crippen LogP contribution is -2.04. The molecule has 0 N–H and O–H groups in total. The number of benzene rings is 2. The Labute approximate surface area is 199 Å². The van der Waals surface area contributed by atoms with E-state index in [9.17, 15) is 4.79 Å². The molecule has 0 heterocycles. The Morgan fingerprint density at radius 2 is 1.27 bits per heavy atom. The predicted molar refractivity (Wildman–Crippen MR) is 134 cm³/mol. The van der Waals surface area contributed by atoms with E-state index in [-0.39, 0.29) is 19.0 Å². The molecule has 2 aromatic rings. The van der Waals surface area contributed by atoms with Gasteiger partial charge in [-0.25, -0.2) is 0 Å². The summed E-state index contributed by atoms with van der Waals surface area (Å²) in [5.41, 5.74) is 1.05. The van der Waals surface area contributed by atoms with Crippen molar-refractivity contribution in [3.63, 3.8) is 0 Å². The van der Waals surface area contributed by atoms with Gasteiger partial charge in [0.2, 0.25) is 0 Å². The number of carbonyl (C=O) groups excluding carboxylic acids is 1. The molecule has 0 amide bonds. The van der Waals surface area contributed by atoms with Crippen molar-refractivity contribution in [3.8, 4) is 23.0 Å². The zero-order chi connectivity index (χ0) is 24.1. The van der Waals surface area contributed by atoms with Crippen molar-refractivity contribution in [2.75, 3.05) is 26.4 Å². The Balaban J connectivity index is 2.31. The van der Waals surface area contributed by atoms with Crippen LogP contribution in [0.3, 0.4) is 0 Å². The van der Waals surface area contributed by atoms with Crippen LogP contribution in [0.25, 0.3) is 6.08 Å². The third-order valence-electron chi connectivity index (χ3n) is 4.12. The van der Waals surface area contributed by atoms with E-state index in [0.717, 1.165) is 5.56 Å². The molecule has 0 radical (unpaired) electrons. The Kier molecular flexibility index (Phi) is 10.6. The average Bonchev–Trinajstić information content (AvgIpc) is 2.83. The van der Waals surface area contributed by atoms with Crippen LogP contribution in [0.5, 0.6) is 23.0 Å². The summed E-state index contributed by atoms with van der Waals surface area (Å²) >= 11 is 6.30. The highest BCUT2D eigenvalue weighted by molar-refractivity contribution is 6.32. The standard InChI is InChI=1S/C27H27ClO5/c1-5-13-30-24-12-10-20(17-27(24)33-16-8-4)9-11-23(29)21-18-22(28)26(32-15-7-3)19-25(21)31-14-6-2/h5-12,17-19H,1-4,13-16H2/b11-9+. The molecule has 2 rings (SSSR count). The van der Waals surface area contributed by atoms with Gasteiger partial charge >= 0.3 is 0 Å². The van der Waals surface area contributed by atoms with Crippen molar-refractivity contribution in [2.24, 2.45) is 0 Å². The van der Waals surface area contributed by atoms with Crippen molar-refractivity contribution in [1.29, 1.82) is 0 Å². The van der Waals surface area contributed by atoms with Gasteiger partial charge in [0.15, 0.2) is 17.3 Å². The fraction of sp³-hybridized carbons (Fsp3) is 0.148. The second-order valence-corrected chi connectivity index (χ2v) is 6.99. The maximum atomic E-state index is 13.0. The molecule has 0 aromatic heterocycles. The Hall–Kier alpha value is -3.70. The lowest BCUT2D eigenvalue weighted by molar-refractivity contribution is 0.104. The van der Waals surface area contributed by atoms with Crippen molar-refractivity contribution < 1.29 is 23.7 Å². The van der Waals surface area contributed by atoms with E-state index in [2.05, 4.69) is 26.3 Å². The Morgan fingerprint density at radius 3 is 1.88 bits per heavy atom. The van der Waals surface area contributed by atoms with Gasteiger partial charge in [0.25, 0.3) is 0 Å². The number of hydrogen-bond donors (Lipinski definition) is 0. The Bertz CT molecular complexity index is 1040. The van der Waals surface area contributed by atoms with Crippen LogP contribution in [0.15, 0.2) is 87.0 Å². The van der Waals surface area contributed by atoms with Gasteiger partial charge in [-0.05, 0) is 29.8 Å². The number of hydrogen-bond acceptors (Lipinski definition) is 5. The van der Waals surface area contributed by atoms with Crippen molar-refractivity contribution >= 4 is 23.5 Å². The van der Waals surface area contributed by atoms with Crippen LogP contribution < -0.4 is 18.9 Å². The molecule has 0 aliphatic rings. The first kappa shape index (κ1) is 25.6. The van der Waals surface area contributed by atoms with Crippen molar-refractivity contribution in [2.45, 2.75) is 0 Å². The fourth-order valence-electron chi connectivity index (χ4n) is 2.67. The molecule has 0 saturated carbocycles. The monoisotopic (exact) mass is 466 g/mol. The van der Waals surface area contributed by atoms with Crippen LogP contribution in [0.1, 0.15) is 15.9 Å². The fourth-order valence-corrected chi connectivity index (χ4v) is 2.89. The second-order valence-electron chi connectivity index (χ2n) is 6.58. The van der Waals surface area contributed by atoms with Crippen LogP contribution in [0.4, 0.5) is 0 Å². The Morgan fingerprint density at radius 1 is 0.727 bits per heavy atom. The lowest BCUT2D eigenvalue weighted by atomic mass is 10.1. The highest BCUT2D eigenvalue weighted by Gasteiger charge is 2.16. The molecule has 0 aliphatic carbocycles. The van der Waals surface area contributed by atoms with E-state index in [4.69, 9.17) is 30.5 Å². The molecule has 2 aromatic carbocycles. The van der Waals surface area contributed by atoms with Crippen LogP contribution in [0, 0.1) is 0 Å². The minimum absolute atomic E-state index is 0.225. The molecule has 0 saturated heterocycles. The van der Waals surface area contributed by atoms with Gasteiger partial charge in [0, 0.05) is 6.07 Å². The minimum Gasteiger partial charge on any atom is -0.489 e. The SMILES string of the molecule is C=CCOc1cc(OCC=C)c(C(=O)/C=C/c2ccc(OCC=C)c(OCC=C)c2)cc1Cl. The molecule has 6 heteroatoms. The zero-order valence-corrected chi connectivity index (χ0v) is 19.2. The normalized spacial score (nSPS) is 10.3.